The molecule has 3 rings (SSSR count). The minimum Gasteiger partial charge on any atom is -0.497 e. The van der Waals surface area contributed by atoms with Gasteiger partial charge in [0, 0.05) is 17.0 Å². The Morgan fingerprint density at radius 3 is 2.57 bits per heavy atom. The number of thioether (sulfide) groups is 1. The fraction of sp³-hybridized carbons (Fsp3) is 0.238. The van der Waals surface area contributed by atoms with E-state index >= 15 is 0 Å². The molecule has 3 N–H and O–H groups in total. The molecule has 6 nitrogen and oxygen atoms in total. The van der Waals surface area contributed by atoms with Gasteiger partial charge < -0.3 is 20.5 Å². The Kier molecular flexibility index (Phi) is 6.26. The van der Waals surface area contributed by atoms with Crippen molar-refractivity contribution in [2.24, 2.45) is 10.7 Å². The summed E-state index contributed by atoms with van der Waals surface area (Å²) in [6.07, 6.45) is 0. The lowest BCUT2D eigenvalue weighted by molar-refractivity contribution is -0.114. The van der Waals surface area contributed by atoms with Crippen LogP contribution in [0.15, 0.2) is 64.8 Å². The number of allylic oxidation sites excluding steroid dienone is 1. The topological polar surface area (TPSA) is 85.9 Å². The first-order valence-corrected chi connectivity index (χ1v) is 9.76. The smallest absolute Gasteiger partial charge is 0.248 e. The highest BCUT2D eigenvalue weighted by Crippen LogP contribution is 2.33. The van der Waals surface area contributed by atoms with E-state index in [1.807, 2.05) is 55.5 Å². The Bertz CT molecular complexity index is 926. The second-order valence-electron chi connectivity index (χ2n) is 6.24. The van der Waals surface area contributed by atoms with Crippen molar-refractivity contribution in [3.8, 4) is 11.5 Å². The highest BCUT2D eigenvalue weighted by atomic mass is 32.2. The third kappa shape index (κ3) is 4.31. The van der Waals surface area contributed by atoms with Gasteiger partial charge in [-0.3, -0.25) is 4.79 Å². The molecule has 146 valence electrons. The first-order chi connectivity index (χ1) is 13.5. The van der Waals surface area contributed by atoms with Crippen molar-refractivity contribution in [3.05, 3.63) is 70.9 Å². The van der Waals surface area contributed by atoms with Gasteiger partial charge in [0.25, 0.3) is 0 Å². The summed E-state index contributed by atoms with van der Waals surface area (Å²) < 4.78 is 10.8. The number of methoxy groups -OCH3 is 2. The average Bonchev–Trinajstić information content (AvgIpc) is 2.71. The third-order valence-electron chi connectivity index (χ3n) is 4.45. The molecular formula is C21H23N3O3S. The van der Waals surface area contributed by atoms with E-state index in [9.17, 15) is 4.79 Å². The van der Waals surface area contributed by atoms with Crippen molar-refractivity contribution in [3.63, 3.8) is 0 Å². The van der Waals surface area contributed by atoms with Crippen LogP contribution < -0.4 is 20.5 Å². The van der Waals surface area contributed by atoms with Gasteiger partial charge in [-0.2, -0.15) is 0 Å². The number of carbonyl (C=O) groups excluding carboxylic acids is 1. The van der Waals surface area contributed by atoms with Crippen LogP contribution in [-0.4, -0.2) is 25.3 Å². The molecule has 0 saturated heterocycles. The molecule has 1 heterocycles. The molecule has 0 saturated carbocycles. The number of amidine groups is 1. The van der Waals surface area contributed by atoms with Crippen LogP contribution in [0.25, 0.3) is 0 Å². The molecular weight excluding hydrogens is 374 g/mol. The lowest BCUT2D eigenvalue weighted by Gasteiger charge is -2.25. The summed E-state index contributed by atoms with van der Waals surface area (Å²) in [6.45, 7) is 1.84. The normalized spacial score (nSPS) is 16.2. The minimum atomic E-state index is -0.471. The molecule has 1 amide bonds. The second-order valence-corrected chi connectivity index (χ2v) is 7.21. The standard InChI is InChI=1S/C21H23N3O3S/c1-13-18(20(22)25)19(14-7-5-4-6-8-14)24-21(23-13)28-12-15-11-16(26-2)9-10-17(15)27-3/h4-11,19H,12H2,1-3H3,(H2,22,25)(H,23,24)/t19-/m1/s1. The lowest BCUT2D eigenvalue weighted by atomic mass is 9.96. The van der Waals surface area contributed by atoms with Crippen molar-refractivity contribution in [1.82, 2.24) is 5.32 Å². The molecule has 0 aromatic heterocycles. The highest BCUT2D eigenvalue weighted by molar-refractivity contribution is 8.13. The Labute approximate surface area is 168 Å². The van der Waals surface area contributed by atoms with Crippen molar-refractivity contribution in [1.29, 1.82) is 0 Å². The lowest BCUT2D eigenvalue weighted by Crippen LogP contribution is -2.32. The number of carbonyl (C=O) groups is 1. The number of amides is 1. The highest BCUT2D eigenvalue weighted by Gasteiger charge is 2.27. The van der Waals surface area contributed by atoms with Crippen LogP contribution in [0.3, 0.4) is 0 Å². The van der Waals surface area contributed by atoms with Gasteiger partial charge in [0.2, 0.25) is 5.91 Å². The summed E-state index contributed by atoms with van der Waals surface area (Å²) in [4.78, 5) is 16.8. The predicted molar refractivity (Wildman–Crippen MR) is 112 cm³/mol. The minimum absolute atomic E-state index is 0.422. The SMILES string of the molecule is COc1ccc(OC)c(CSC2=N[C@H](c3ccccc3)C(C(N)=O)=C(C)N2)c1. The van der Waals surface area contributed by atoms with Crippen LogP contribution in [0, 0.1) is 0 Å². The fourth-order valence-corrected chi connectivity index (χ4v) is 3.98. The zero-order chi connectivity index (χ0) is 20.1. The summed E-state index contributed by atoms with van der Waals surface area (Å²) in [7, 11) is 3.28. The van der Waals surface area contributed by atoms with Gasteiger partial charge in [-0.1, -0.05) is 42.1 Å². The van der Waals surface area contributed by atoms with Crippen LogP contribution in [0.4, 0.5) is 0 Å². The van der Waals surface area contributed by atoms with Gasteiger partial charge in [0.05, 0.1) is 19.8 Å². The zero-order valence-electron chi connectivity index (χ0n) is 16.1. The Balaban J connectivity index is 1.86. The largest absolute Gasteiger partial charge is 0.497 e. The van der Waals surface area contributed by atoms with Gasteiger partial charge in [0.1, 0.15) is 17.5 Å². The van der Waals surface area contributed by atoms with E-state index in [2.05, 4.69) is 5.32 Å². The quantitative estimate of drug-likeness (QED) is 0.780. The summed E-state index contributed by atoms with van der Waals surface area (Å²) in [5, 5.41) is 3.93. The van der Waals surface area contributed by atoms with Crippen LogP contribution in [-0.2, 0) is 10.5 Å². The number of nitrogens with two attached hydrogens (primary N) is 1. The van der Waals surface area contributed by atoms with E-state index in [1.54, 1.807) is 14.2 Å². The third-order valence-corrected chi connectivity index (χ3v) is 5.39. The molecule has 1 aliphatic rings. The van der Waals surface area contributed by atoms with E-state index in [0.717, 1.165) is 33.5 Å². The van der Waals surface area contributed by atoms with E-state index in [4.69, 9.17) is 20.2 Å². The fourth-order valence-electron chi connectivity index (χ4n) is 3.06. The van der Waals surface area contributed by atoms with Crippen LogP contribution >= 0.6 is 11.8 Å². The number of ether oxygens (including phenoxy) is 2. The first kappa shape index (κ1) is 19.8. The van der Waals surface area contributed by atoms with E-state index in [1.165, 1.54) is 11.8 Å². The van der Waals surface area contributed by atoms with Crippen LogP contribution in [0.1, 0.15) is 24.1 Å². The zero-order valence-corrected chi connectivity index (χ0v) is 16.9. The monoisotopic (exact) mass is 397 g/mol. The van der Waals surface area contributed by atoms with Gasteiger partial charge in [0.15, 0.2) is 5.17 Å². The molecule has 28 heavy (non-hydrogen) atoms. The molecule has 0 aliphatic carbocycles. The van der Waals surface area contributed by atoms with E-state index in [-0.39, 0.29) is 0 Å². The molecule has 1 atom stereocenters. The van der Waals surface area contributed by atoms with Gasteiger partial charge in [-0.15, -0.1) is 0 Å². The average molecular weight is 398 g/mol. The second kappa shape index (κ2) is 8.84. The molecule has 1 aliphatic heterocycles. The van der Waals surface area contributed by atoms with Gasteiger partial charge >= 0.3 is 0 Å². The maximum absolute atomic E-state index is 12.0. The molecule has 0 radical (unpaired) electrons. The Morgan fingerprint density at radius 2 is 1.93 bits per heavy atom. The molecule has 7 heteroatoms. The summed E-state index contributed by atoms with van der Waals surface area (Å²) in [5.74, 6) is 1.71. The molecule has 0 unspecified atom stereocenters. The molecule has 0 fully saturated rings. The first-order valence-electron chi connectivity index (χ1n) is 8.77. The number of primary amides is 1. The summed E-state index contributed by atoms with van der Waals surface area (Å²) in [5.41, 5.74) is 8.74. The Hall–Kier alpha value is -2.93. The molecule has 2 aromatic rings. The predicted octanol–water partition coefficient (Wildman–Crippen LogP) is 3.40. The van der Waals surface area contributed by atoms with Crippen molar-refractivity contribution < 1.29 is 14.3 Å². The van der Waals surface area contributed by atoms with Crippen molar-refractivity contribution >= 4 is 22.8 Å². The van der Waals surface area contributed by atoms with Crippen LogP contribution in [0.5, 0.6) is 11.5 Å². The number of aliphatic imine (C=N–C) groups is 1. The molecule has 0 bridgehead atoms. The number of rotatable bonds is 6. The Morgan fingerprint density at radius 1 is 1.18 bits per heavy atom. The van der Waals surface area contributed by atoms with Gasteiger partial charge in [-0.05, 0) is 30.7 Å². The van der Waals surface area contributed by atoms with Gasteiger partial charge in [-0.25, -0.2) is 4.99 Å². The number of nitrogens with zero attached hydrogens (tertiary/aromatic N) is 1. The number of hydrogen-bond acceptors (Lipinski definition) is 6. The summed E-state index contributed by atoms with van der Waals surface area (Å²) >= 11 is 1.53. The molecule has 2 aromatic carbocycles. The van der Waals surface area contributed by atoms with Crippen molar-refractivity contribution in [2.75, 3.05) is 14.2 Å². The number of hydrogen-bond donors (Lipinski definition) is 2. The van der Waals surface area contributed by atoms with Crippen LogP contribution in [0.2, 0.25) is 0 Å². The molecule has 0 spiro atoms. The van der Waals surface area contributed by atoms with Crippen molar-refractivity contribution in [2.45, 2.75) is 18.7 Å². The maximum atomic E-state index is 12.0. The number of benzene rings is 2. The summed E-state index contributed by atoms with van der Waals surface area (Å²) in [6, 6.07) is 14.9. The number of nitrogens with one attached hydrogen (secondary N) is 1. The maximum Gasteiger partial charge on any atom is 0.248 e. The van der Waals surface area contributed by atoms with E-state index in [0.29, 0.717) is 11.3 Å². The van der Waals surface area contributed by atoms with E-state index < -0.39 is 11.9 Å².